The molecule has 20 heavy (non-hydrogen) atoms. The second kappa shape index (κ2) is 7.44. The number of carbonyl (C=O) groups excluding carboxylic acids is 2. The number of benzene rings is 1. The fraction of sp³-hybridized carbons (Fsp3) is 0.385. The molecule has 0 heterocycles. The Hall–Kier alpha value is -2.15. The minimum atomic E-state index is -0.520. The highest BCUT2D eigenvalue weighted by molar-refractivity contribution is 5.91. The van der Waals surface area contributed by atoms with Gasteiger partial charge < -0.3 is 16.4 Å². The first kappa shape index (κ1) is 15.9. The number of likely N-dealkylation sites (N-methyl/N-ethyl adjacent to an activating group) is 2. The number of amides is 2. The fourth-order valence-corrected chi connectivity index (χ4v) is 1.54. The van der Waals surface area contributed by atoms with Crippen LogP contribution in [0.1, 0.15) is 6.42 Å². The third kappa shape index (κ3) is 5.23. The van der Waals surface area contributed by atoms with Crippen LogP contribution in [0, 0.1) is 5.82 Å². The van der Waals surface area contributed by atoms with Gasteiger partial charge in [-0.05, 0) is 25.2 Å². The molecule has 0 aliphatic rings. The average Bonchev–Trinajstić information content (AvgIpc) is 2.40. The summed E-state index contributed by atoms with van der Waals surface area (Å²) in [6, 6.07) is 4.00. The van der Waals surface area contributed by atoms with E-state index in [0.29, 0.717) is 12.2 Å². The number of nitrogens with zero attached hydrogens (tertiary/aromatic N) is 1. The van der Waals surface area contributed by atoms with E-state index in [0.717, 1.165) is 0 Å². The van der Waals surface area contributed by atoms with Crippen LogP contribution in [0.4, 0.5) is 15.8 Å². The molecule has 0 aromatic heterocycles. The Balaban J connectivity index is 2.40. The summed E-state index contributed by atoms with van der Waals surface area (Å²) in [5.41, 5.74) is 5.84. The molecule has 0 aliphatic heterocycles. The van der Waals surface area contributed by atoms with Gasteiger partial charge in [-0.25, -0.2) is 4.39 Å². The minimum Gasteiger partial charge on any atom is -0.396 e. The van der Waals surface area contributed by atoms with Gasteiger partial charge >= 0.3 is 0 Å². The molecular weight excluding hydrogens is 263 g/mol. The fourth-order valence-electron chi connectivity index (χ4n) is 1.54. The standard InChI is InChI=1S/C13H19FN4O2/c1-16-13(20)8-18(2)6-5-12(19)17-9-3-4-10(14)11(15)7-9/h3-4,7H,5-6,8,15H2,1-2H3,(H,16,20)(H,17,19). The van der Waals surface area contributed by atoms with Crippen molar-refractivity contribution in [3.63, 3.8) is 0 Å². The highest BCUT2D eigenvalue weighted by Gasteiger charge is 2.08. The van der Waals surface area contributed by atoms with E-state index in [-0.39, 0.29) is 30.5 Å². The van der Waals surface area contributed by atoms with Crippen LogP contribution in [-0.2, 0) is 9.59 Å². The van der Waals surface area contributed by atoms with E-state index in [9.17, 15) is 14.0 Å². The first-order valence-electron chi connectivity index (χ1n) is 6.16. The number of nitrogens with one attached hydrogen (secondary N) is 2. The molecule has 7 heteroatoms. The van der Waals surface area contributed by atoms with Crippen molar-refractivity contribution in [2.45, 2.75) is 6.42 Å². The molecule has 1 aromatic rings. The number of nitrogen functional groups attached to an aromatic ring is 1. The van der Waals surface area contributed by atoms with Gasteiger partial charge in [-0.3, -0.25) is 14.5 Å². The summed E-state index contributed by atoms with van der Waals surface area (Å²) < 4.78 is 13.0. The monoisotopic (exact) mass is 282 g/mol. The normalized spacial score (nSPS) is 10.4. The van der Waals surface area contributed by atoms with Crippen molar-refractivity contribution >= 4 is 23.2 Å². The Morgan fingerprint density at radius 1 is 1.35 bits per heavy atom. The van der Waals surface area contributed by atoms with Crippen molar-refractivity contribution in [2.24, 2.45) is 0 Å². The van der Waals surface area contributed by atoms with Gasteiger partial charge in [0.15, 0.2) is 0 Å². The number of hydrogen-bond acceptors (Lipinski definition) is 4. The van der Waals surface area contributed by atoms with Crippen molar-refractivity contribution in [1.82, 2.24) is 10.2 Å². The lowest BCUT2D eigenvalue weighted by atomic mass is 10.2. The smallest absolute Gasteiger partial charge is 0.233 e. The molecule has 0 radical (unpaired) electrons. The lowest BCUT2D eigenvalue weighted by Gasteiger charge is -2.15. The molecule has 0 saturated heterocycles. The zero-order valence-electron chi connectivity index (χ0n) is 11.6. The second-order valence-corrected chi connectivity index (χ2v) is 4.45. The topological polar surface area (TPSA) is 87.5 Å². The number of rotatable bonds is 6. The van der Waals surface area contributed by atoms with Gasteiger partial charge in [0.05, 0.1) is 12.2 Å². The predicted molar refractivity (Wildman–Crippen MR) is 75.6 cm³/mol. The zero-order valence-corrected chi connectivity index (χ0v) is 11.6. The van der Waals surface area contributed by atoms with E-state index in [1.807, 2.05) is 0 Å². The maximum absolute atomic E-state index is 13.0. The second-order valence-electron chi connectivity index (χ2n) is 4.45. The molecule has 0 unspecified atom stereocenters. The summed E-state index contributed by atoms with van der Waals surface area (Å²) in [6.45, 7) is 0.670. The molecule has 6 nitrogen and oxygen atoms in total. The molecule has 110 valence electrons. The quantitative estimate of drug-likeness (QED) is 0.660. The lowest BCUT2D eigenvalue weighted by molar-refractivity contribution is -0.122. The Morgan fingerprint density at radius 3 is 2.65 bits per heavy atom. The summed E-state index contributed by atoms with van der Waals surface area (Å²) in [5, 5.41) is 5.12. The van der Waals surface area contributed by atoms with E-state index in [2.05, 4.69) is 10.6 Å². The van der Waals surface area contributed by atoms with E-state index >= 15 is 0 Å². The van der Waals surface area contributed by atoms with Crippen molar-refractivity contribution in [3.8, 4) is 0 Å². The molecule has 0 bridgehead atoms. The van der Waals surface area contributed by atoms with Gasteiger partial charge in [-0.15, -0.1) is 0 Å². The van der Waals surface area contributed by atoms with Crippen LogP contribution in [0.3, 0.4) is 0 Å². The van der Waals surface area contributed by atoms with Crippen LogP contribution in [0.2, 0.25) is 0 Å². The molecule has 4 N–H and O–H groups in total. The number of halogens is 1. The van der Waals surface area contributed by atoms with E-state index < -0.39 is 5.82 Å². The Bertz CT molecular complexity index is 493. The van der Waals surface area contributed by atoms with Crippen LogP contribution in [0.15, 0.2) is 18.2 Å². The van der Waals surface area contributed by atoms with Gasteiger partial charge in [0, 0.05) is 25.7 Å². The third-order valence-electron chi connectivity index (χ3n) is 2.69. The lowest BCUT2D eigenvalue weighted by Crippen LogP contribution is -2.34. The van der Waals surface area contributed by atoms with Gasteiger partial charge in [-0.2, -0.15) is 0 Å². The predicted octanol–water partition coefficient (Wildman–Crippen LogP) is 0.414. The maximum atomic E-state index is 13.0. The van der Waals surface area contributed by atoms with Gasteiger partial charge in [0.2, 0.25) is 11.8 Å². The average molecular weight is 282 g/mol. The Labute approximate surface area is 117 Å². The van der Waals surface area contributed by atoms with Crippen LogP contribution in [0.25, 0.3) is 0 Å². The minimum absolute atomic E-state index is 0.0143. The summed E-state index contributed by atoms with van der Waals surface area (Å²) in [6.07, 6.45) is 0.227. The van der Waals surface area contributed by atoms with E-state index in [1.54, 1.807) is 19.0 Å². The third-order valence-corrected chi connectivity index (χ3v) is 2.69. The number of nitrogens with two attached hydrogens (primary N) is 1. The highest BCUT2D eigenvalue weighted by atomic mass is 19.1. The molecule has 0 atom stereocenters. The molecular formula is C13H19FN4O2. The largest absolute Gasteiger partial charge is 0.396 e. The summed E-state index contributed by atoms with van der Waals surface area (Å²) in [7, 11) is 3.31. The number of anilines is 2. The molecule has 0 spiro atoms. The van der Waals surface area contributed by atoms with Crippen molar-refractivity contribution < 1.29 is 14.0 Å². The van der Waals surface area contributed by atoms with Crippen LogP contribution in [0.5, 0.6) is 0 Å². The van der Waals surface area contributed by atoms with Crippen LogP contribution < -0.4 is 16.4 Å². The SMILES string of the molecule is CNC(=O)CN(C)CCC(=O)Nc1ccc(F)c(N)c1. The Kier molecular flexibility index (Phi) is 5.92. The van der Waals surface area contributed by atoms with Gasteiger partial charge in [-0.1, -0.05) is 0 Å². The van der Waals surface area contributed by atoms with Crippen molar-refractivity contribution in [1.29, 1.82) is 0 Å². The summed E-state index contributed by atoms with van der Waals surface area (Å²) >= 11 is 0. The molecule has 1 aromatic carbocycles. The van der Waals surface area contributed by atoms with Crippen molar-refractivity contribution in [3.05, 3.63) is 24.0 Å². The van der Waals surface area contributed by atoms with E-state index in [4.69, 9.17) is 5.73 Å². The van der Waals surface area contributed by atoms with Crippen LogP contribution in [-0.4, -0.2) is 43.9 Å². The van der Waals surface area contributed by atoms with E-state index in [1.165, 1.54) is 18.2 Å². The number of carbonyl (C=O) groups is 2. The first-order chi connectivity index (χ1) is 9.42. The van der Waals surface area contributed by atoms with Gasteiger partial charge in [0.25, 0.3) is 0 Å². The highest BCUT2D eigenvalue weighted by Crippen LogP contribution is 2.16. The van der Waals surface area contributed by atoms with Crippen LogP contribution >= 0.6 is 0 Å². The molecule has 0 fully saturated rings. The van der Waals surface area contributed by atoms with Crippen molar-refractivity contribution in [2.75, 3.05) is 38.2 Å². The molecule has 1 rings (SSSR count). The number of hydrogen-bond donors (Lipinski definition) is 3. The first-order valence-corrected chi connectivity index (χ1v) is 6.16. The maximum Gasteiger partial charge on any atom is 0.233 e. The summed E-state index contributed by atoms with van der Waals surface area (Å²) in [5.74, 6) is -0.854. The molecule has 0 saturated carbocycles. The Morgan fingerprint density at radius 2 is 2.05 bits per heavy atom. The molecule has 0 aliphatic carbocycles. The zero-order chi connectivity index (χ0) is 15.1. The van der Waals surface area contributed by atoms with Gasteiger partial charge in [0.1, 0.15) is 5.82 Å². The molecule has 2 amide bonds. The summed E-state index contributed by atoms with van der Waals surface area (Å²) in [4.78, 5) is 24.6.